The SMILES string of the molecule is COc1cccc(N)cc1=O. The van der Waals surface area contributed by atoms with Crippen molar-refractivity contribution in [1.82, 2.24) is 0 Å². The molecule has 0 heterocycles. The van der Waals surface area contributed by atoms with E-state index in [0.29, 0.717) is 11.4 Å². The zero-order valence-electron chi connectivity index (χ0n) is 6.20. The maximum Gasteiger partial charge on any atom is 0.222 e. The highest BCUT2D eigenvalue weighted by Gasteiger charge is 1.93. The summed E-state index contributed by atoms with van der Waals surface area (Å²) >= 11 is 0. The summed E-state index contributed by atoms with van der Waals surface area (Å²) in [5.41, 5.74) is 5.65. The minimum absolute atomic E-state index is 0.199. The number of hydrogen-bond acceptors (Lipinski definition) is 3. The van der Waals surface area contributed by atoms with Crippen molar-refractivity contribution >= 4 is 5.69 Å². The van der Waals surface area contributed by atoms with Crippen LogP contribution in [-0.4, -0.2) is 7.11 Å². The first-order valence-corrected chi connectivity index (χ1v) is 3.18. The molecule has 0 fully saturated rings. The Morgan fingerprint density at radius 2 is 2.18 bits per heavy atom. The van der Waals surface area contributed by atoms with Gasteiger partial charge in [-0.15, -0.1) is 0 Å². The Morgan fingerprint density at radius 1 is 1.45 bits per heavy atom. The lowest BCUT2D eigenvalue weighted by molar-refractivity contribution is 0.411. The quantitative estimate of drug-likeness (QED) is 0.640. The third-order valence-electron chi connectivity index (χ3n) is 1.30. The third-order valence-corrected chi connectivity index (χ3v) is 1.30. The second-order valence-corrected chi connectivity index (χ2v) is 2.10. The molecule has 0 saturated carbocycles. The van der Waals surface area contributed by atoms with E-state index in [0.717, 1.165) is 0 Å². The molecule has 0 amide bonds. The van der Waals surface area contributed by atoms with Crippen molar-refractivity contribution in [3.63, 3.8) is 0 Å². The van der Waals surface area contributed by atoms with Crippen LogP contribution in [0.5, 0.6) is 5.75 Å². The van der Waals surface area contributed by atoms with Crippen LogP contribution in [0.15, 0.2) is 29.1 Å². The van der Waals surface area contributed by atoms with Gasteiger partial charge in [0.2, 0.25) is 5.43 Å². The van der Waals surface area contributed by atoms with Gasteiger partial charge in [0.1, 0.15) is 0 Å². The monoisotopic (exact) mass is 151 g/mol. The molecule has 0 aromatic heterocycles. The van der Waals surface area contributed by atoms with Crippen molar-refractivity contribution in [3.8, 4) is 5.75 Å². The summed E-state index contributed by atoms with van der Waals surface area (Å²) in [4.78, 5) is 11.1. The van der Waals surface area contributed by atoms with E-state index in [1.807, 2.05) is 0 Å². The molecule has 0 saturated heterocycles. The van der Waals surface area contributed by atoms with Crippen LogP contribution in [0.1, 0.15) is 0 Å². The largest absolute Gasteiger partial charge is 0.493 e. The summed E-state index contributed by atoms with van der Waals surface area (Å²) in [6.45, 7) is 0. The molecular formula is C8H9NO2. The van der Waals surface area contributed by atoms with Gasteiger partial charge in [0.15, 0.2) is 5.75 Å². The van der Waals surface area contributed by atoms with E-state index in [2.05, 4.69) is 0 Å². The van der Waals surface area contributed by atoms with Gasteiger partial charge in [-0.2, -0.15) is 0 Å². The van der Waals surface area contributed by atoms with Crippen LogP contribution in [0.4, 0.5) is 5.69 Å². The van der Waals surface area contributed by atoms with Gasteiger partial charge in [-0.3, -0.25) is 4.79 Å². The first-order chi connectivity index (χ1) is 5.24. The summed E-state index contributed by atoms with van der Waals surface area (Å²) in [5, 5.41) is 0. The fourth-order valence-corrected chi connectivity index (χ4v) is 0.768. The lowest BCUT2D eigenvalue weighted by Gasteiger charge is -1.89. The van der Waals surface area contributed by atoms with Crippen molar-refractivity contribution in [3.05, 3.63) is 34.5 Å². The molecule has 2 N–H and O–H groups in total. The topological polar surface area (TPSA) is 52.3 Å². The first kappa shape index (κ1) is 7.60. The normalized spacial score (nSPS) is 9.18. The van der Waals surface area contributed by atoms with Crippen molar-refractivity contribution in [2.45, 2.75) is 0 Å². The van der Waals surface area contributed by atoms with Crippen LogP contribution >= 0.6 is 0 Å². The zero-order valence-corrected chi connectivity index (χ0v) is 6.20. The lowest BCUT2D eigenvalue weighted by atomic mass is 10.4. The predicted octanol–water partition coefficient (Wildman–Crippen LogP) is 0.638. The molecule has 11 heavy (non-hydrogen) atoms. The van der Waals surface area contributed by atoms with Gasteiger partial charge in [0.25, 0.3) is 0 Å². The number of nitrogens with two attached hydrogens (primary N) is 1. The number of anilines is 1. The minimum Gasteiger partial charge on any atom is -0.493 e. The number of nitrogen functional groups attached to an aromatic ring is 1. The van der Waals surface area contributed by atoms with Gasteiger partial charge in [-0.25, -0.2) is 0 Å². The van der Waals surface area contributed by atoms with Crippen molar-refractivity contribution < 1.29 is 4.74 Å². The predicted molar refractivity (Wildman–Crippen MR) is 43.7 cm³/mol. The van der Waals surface area contributed by atoms with Gasteiger partial charge >= 0.3 is 0 Å². The van der Waals surface area contributed by atoms with Gasteiger partial charge in [0, 0.05) is 11.8 Å². The fraction of sp³-hybridized carbons (Fsp3) is 0.125. The maximum absolute atomic E-state index is 11.1. The minimum atomic E-state index is -0.199. The van der Waals surface area contributed by atoms with Gasteiger partial charge in [-0.05, 0) is 12.1 Å². The summed E-state index contributed by atoms with van der Waals surface area (Å²) in [5.74, 6) is 0.307. The maximum atomic E-state index is 11.1. The molecule has 1 aromatic rings. The van der Waals surface area contributed by atoms with E-state index < -0.39 is 0 Å². The number of rotatable bonds is 1. The van der Waals surface area contributed by atoms with Crippen molar-refractivity contribution in [2.75, 3.05) is 12.8 Å². The van der Waals surface area contributed by atoms with Crippen LogP contribution in [0.25, 0.3) is 0 Å². The molecule has 0 bridgehead atoms. The fourth-order valence-electron chi connectivity index (χ4n) is 0.768. The molecule has 0 atom stereocenters. The average Bonchev–Trinajstić information content (AvgIpc) is 2.11. The molecule has 0 radical (unpaired) electrons. The van der Waals surface area contributed by atoms with Crippen LogP contribution < -0.4 is 15.9 Å². The van der Waals surface area contributed by atoms with E-state index in [4.69, 9.17) is 10.5 Å². The molecule has 1 aromatic carbocycles. The Morgan fingerprint density at radius 3 is 2.82 bits per heavy atom. The summed E-state index contributed by atoms with van der Waals surface area (Å²) < 4.78 is 4.79. The zero-order chi connectivity index (χ0) is 8.27. The molecule has 0 aliphatic carbocycles. The molecule has 1 rings (SSSR count). The van der Waals surface area contributed by atoms with E-state index >= 15 is 0 Å². The van der Waals surface area contributed by atoms with E-state index in [-0.39, 0.29) is 5.43 Å². The molecule has 0 spiro atoms. The Bertz CT molecular complexity index is 309. The summed E-state index contributed by atoms with van der Waals surface area (Å²) in [7, 11) is 1.45. The van der Waals surface area contributed by atoms with E-state index in [1.54, 1.807) is 18.2 Å². The standard InChI is InChI=1S/C8H9NO2/c1-11-8-4-2-3-6(9)5-7(8)10/h2-5H,9H2,1H3. The molecule has 0 aliphatic rings. The number of hydrogen-bond donors (Lipinski definition) is 1. The van der Waals surface area contributed by atoms with Crippen molar-refractivity contribution in [2.24, 2.45) is 0 Å². The molecular weight excluding hydrogens is 142 g/mol. The lowest BCUT2D eigenvalue weighted by Crippen LogP contribution is -2.00. The molecule has 3 nitrogen and oxygen atoms in total. The van der Waals surface area contributed by atoms with Crippen LogP contribution in [-0.2, 0) is 0 Å². The third kappa shape index (κ3) is 1.70. The van der Waals surface area contributed by atoms with Crippen LogP contribution in [0, 0.1) is 0 Å². The molecule has 0 unspecified atom stereocenters. The molecule has 3 heteroatoms. The second-order valence-electron chi connectivity index (χ2n) is 2.10. The van der Waals surface area contributed by atoms with Gasteiger partial charge in [0.05, 0.1) is 7.11 Å². The van der Waals surface area contributed by atoms with Crippen LogP contribution in [0.3, 0.4) is 0 Å². The Kier molecular flexibility index (Phi) is 2.11. The Hall–Kier alpha value is -1.51. The first-order valence-electron chi connectivity index (χ1n) is 3.18. The van der Waals surface area contributed by atoms with E-state index in [9.17, 15) is 4.79 Å². The second kappa shape index (κ2) is 3.05. The Balaban J connectivity index is 3.35. The Labute approximate surface area is 64.4 Å². The average molecular weight is 151 g/mol. The molecule has 58 valence electrons. The van der Waals surface area contributed by atoms with Crippen molar-refractivity contribution in [1.29, 1.82) is 0 Å². The number of ether oxygens (including phenoxy) is 1. The highest BCUT2D eigenvalue weighted by Crippen LogP contribution is 2.02. The molecule has 0 aliphatic heterocycles. The highest BCUT2D eigenvalue weighted by molar-refractivity contribution is 5.38. The van der Waals surface area contributed by atoms with Gasteiger partial charge < -0.3 is 10.5 Å². The smallest absolute Gasteiger partial charge is 0.222 e. The van der Waals surface area contributed by atoms with Gasteiger partial charge in [-0.1, -0.05) is 6.07 Å². The highest BCUT2D eigenvalue weighted by atomic mass is 16.5. The van der Waals surface area contributed by atoms with Crippen LogP contribution in [0.2, 0.25) is 0 Å². The summed E-state index contributed by atoms with van der Waals surface area (Å²) in [6, 6.07) is 6.23. The number of methoxy groups -OCH3 is 1. The van der Waals surface area contributed by atoms with E-state index in [1.165, 1.54) is 13.2 Å². The summed E-state index contributed by atoms with van der Waals surface area (Å²) in [6.07, 6.45) is 0.